The molecule has 2 aliphatic heterocycles. The number of benzene rings is 3. The molecule has 9 rings (SSSR count). The van der Waals surface area contributed by atoms with Gasteiger partial charge in [-0.15, -0.1) is 0 Å². The molecule has 4 aromatic heterocycles. The van der Waals surface area contributed by atoms with E-state index in [1.54, 1.807) is 43.8 Å². The Morgan fingerprint density at radius 1 is 0.952 bits per heavy atom. The Bertz CT molecular complexity index is 3090. The van der Waals surface area contributed by atoms with E-state index in [9.17, 15) is 9.00 Å². The number of aromatic nitrogens is 6. The van der Waals surface area contributed by atoms with Crippen LogP contribution >= 0.6 is 0 Å². The normalized spacial score (nSPS) is 16.6. The van der Waals surface area contributed by atoms with Gasteiger partial charge in [0.05, 0.1) is 37.7 Å². The van der Waals surface area contributed by atoms with Gasteiger partial charge < -0.3 is 14.2 Å². The summed E-state index contributed by atoms with van der Waals surface area (Å²) >= 11 is 0. The van der Waals surface area contributed by atoms with Gasteiger partial charge in [0.2, 0.25) is 0 Å². The van der Waals surface area contributed by atoms with Crippen LogP contribution in [0.3, 0.4) is 0 Å². The zero-order chi connectivity index (χ0) is 44.3. The van der Waals surface area contributed by atoms with Crippen molar-refractivity contribution < 1.29 is 22.5 Å². The number of aryl methyl sites for hydroxylation is 3. The third kappa shape index (κ3) is 7.40. The molecule has 326 valence electrons. The second-order valence-electron chi connectivity index (χ2n) is 16.6. The van der Waals surface area contributed by atoms with Crippen molar-refractivity contribution in [2.75, 3.05) is 32.6 Å². The van der Waals surface area contributed by atoms with E-state index in [1.807, 2.05) is 43.1 Å². The van der Waals surface area contributed by atoms with Crippen LogP contribution in [0.15, 0.2) is 99.4 Å². The molecule has 0 N–H and O–H groups in total. The highest BCUT2D eigenvalue weighted by molar-refractivity contribution is 7.93. The smallest absolute Gasteiger partial charge is 0.338 e. The Morgan fingerprint density at radius 2 is 1.70 bits per heavy atom. The second kappa shape index (κ2) is 16.5. The van der Waals surface area contributed by atoms with E-state index in [2.05, 4.69) is 32.1 Å². The maximum atomic E-state index is 15.9. The summed E-state index contributed by atoms with van der Waals surface area (Å²) < 4.78 is 60.2. The fourth-order valence-electron chi connectivity index (χ4n) is 9.24. The summed E-state index contributed by atoms with van der Waals surface area (Å²) in [7, 11) is -1.38. The molecule has 2 atom stereocenters. The van der Waals surface area contributed by atoms with E-state index in [4.69, 9.17) is 9.84 Å². The molecule has 15 heteroatoms. The van der Waals surface area contributed by atoms with Crippen LogP contribution < -0.4 is 5.69 Å². The molecule has 0 spiro atoms. The average molecular weight is 873 g/mol. The van der Waals surface area contributed by atoms with Crippen LogP contribution in [0.1, 0.15) is 88.3 Å². The highest BCUT2D eigenvalue weighted by atomic mass is 32.2. The van der Waals surface area contributed by atoms with Crippen LogP contribution in [-0.2, 0) is 27.4 Å². The van der Waals surface area contributed by atoms with Gasteiger partial charge in [-0.05, 0) is 123 Å². The number of fused-ring (bicyclic) bond motifs is 2. The lowest BCUT2D eigenvalue weighted by Crippen LogP contribution is -2.40. The van der Waals surface area contributed by atoms with E-state index in [1.165, 1.54) is 46.1 Å². The van der Waals surface area contributed by atoms with Crippen molar-refractivity contribution >= 4 is 26.5 Å². The van der Waals surface area contributed by atoms with Crippen LogP contribution in [0.5, 0.6) is 0 Å². The summed E-state index contributed by atoms with van der Waals surface area (Å²) in [5.41, 5.74) is 6.57. The molecule has 2 aliphatic rings. The number of carbonyl (C=O) groups is 1. The van der Waals surface area contributed by atoms with Gasteiger partial charge in [0, 0.05) is 86.3 Å². The molecule has 6 heterocycles. The summed E-state index contributed by atoms with van der Waals surface area (Å²) in [6.07, 6.45) is 7.12. The predicted molar refractivity (Wildman–Crippen MR) is 239 cm³/mol. The van der Waals surface area contributed by atoms with Crippen molar-refractivity contribution in [3.05, 3.63) is 152 Å². The summed E-state index contributed by atoms with van der Waals surface area (Å²) in [4.78, 5) is 36.4. The first-order valence-electron chi connectivity index (χ1n) is 21.4. The zero-order valence-electron chi connectivity index (χ0n) is 36.3. The number of pyridine rings is 1. The Labute approximate surface area is 364 Å². The van der Waals surface area contributed by atoms with Crippen molar-refractivity contribution in [3.63, 3.8) is 0 Å². The van der Waals surface area contributed by atoms with Gasteiger partial charge in [0.25, 0.3) is 5.91 Å². The van der Waals surface area contributed by atoms with E-state index in [0.717, 1.165) is 48.2 Å². The predicted octanol–water partition coefficient (Wildman–Crippen LogP) is 8.55. The Hall–Kier alpha value is -6.19. The molecule has 12 nitrogen and oxygen atoms in total. The first-order chi connectivity index (χ1) is 30.3. The lowest BCUT2D eigenvalue weighted by Gasteiger charge is -2.34. The number of halogens is 2. The van der Waals surface area contributed by atoms with E-state index in [-0.39, 0.29) is 28.1 Å². The molecule has 0 aliphatic carbocycles. The highest BCUT2D eigenvalue weighted by Gasteiger charge is 2.37. The van der Waals surface area contributed by atoms with Gasteiger partial charge in [0.1, 0.15) is 23.1 Å². The van der Waals surface area contributed by atoms with Gasteiger partial charge in [-0.25, -0.2) is 26.8 Å². The molecule has 0 radical (unpaired) electrons. The van der Waals surface area contributed by atoms with Gasteiger partial charge in [0.15, 0.2) is 0 Å². The zero-order valence-corrected chi connectivity index (χ0v) is 37.1. The average Bonchev–Trinajstić information content (AvgIpc) is 3.98. The number of amides is 1. The maximum absolute atomic E-state index is 15.9. The SMILES string of the molecule is CCS(=O)(=NC)c1ccc(-n2ccn(-c3c4c(nn3-c3cc(C)c(F)c(C)c3)CCN(C(=O)c3cc5cc(C6CCOCC6)ccc5n3Cc3ccc(C)nc3)[C@H]4C)c2=O)c(F)c1. The largest absolute Gasteiger partial charge is 0.381 e. The quantitative estimate of drug-likeness (QED) is 0.143. The van der Waals surface area contributed by atoms with Gasteiger partial charge in [-0.3, -0.25) is 18.9 Å². The maximum Gasteiger partial charge on any atom is 0.338 e. The van der Waals surface area contributed by atoms with Crippen molar-refractivity contribution in [1.82, 2.24) is 33.4 Å². The molecule has 1 unspecified atom stereocenters. The summed E-state index contributed by atoms with van der Waals surface area (Å²) in [5.74, 6) is -0.325. The third-order valence-corrected chi connectivity index (χ3v) is 15.1. The molecule has 0 saturated carbocycles. The number of carbonyl (C=O) groups excluding carboxylic acids is 1. The summed E-state index contributed by atoms with van der Waals surface area (Å²) in [6, 6.07) is 19.4. The number of imidazole rings is 1. The Balaban J connectivity index is 1.16. The third-order valence-electron chi connectivity index (χ3n) is 12.8. The van der Waals surface area contributed by atoms with E-state index < -0.39 is 27.3 Å². The van der Waals surface area contributed by atoms with Crippen molar-refractivity contribution in [3.8, 4) is 17.2 Å². The fourth-order valence-corrected chi connectivity index (χ4v) is 10.6. The number of ether oxygens (including phenoxy) is 1. The van der Waals surface area contributed by atoms with Crippen molar-refractivity contribution in [1.29, 1.82) is 0 Å². The summed E-state index contributed by atoms with van der Waals surface area (Å²) in [5, 5.41) is 6.01. The molecular formula is C48H50F2N8O4S. The molecular weight excluding hydrogens is 823 g/mol. The monoisotopic (exact) mass is 872 g/mol. The van der Waals surface area contributed by atoms with Gasteiger partial charge >= 0.3 is 5.69 Å². The lowest BCUT2D eigenvalue weighted by molar-refractivity contribution is 0.0667. The molecule has 1 fully saturated rings. The van der Waals surface area contributed by atoms with Crippen LogP contribution in [0.2, 0.25) is 0 Å². The Morgan fingerprint density at radius 3 is 2.38 bits per heavy atom. The summed E-state index contributed by atoms with van der Waals surface area (Å²) in [6.45, 7) is 11.2. The van der Waals surface area contributed by atoms with E-state index >= 15 is 13.6 Å². The molecule has 0 bridgehead atoms. The number of hydrogen-bond donors (Lipinski definition) is 0. The number of rotatable bonds is 9. The Kier molecular flexibility index (Phi) is 11.0. The minimum absolute atomic E-state index is 0.0358. The molecule has 1 saturated heterocycles. The topological polar surface area (TPSA) is 122 Å². The van der Waals surface area contributed by atoms with Crippen molar-refractivity contribution in [2.24, 2.45) is 4.36 Å². The minimum Gasteiger partial charge on any atom is -0.381 e. The first kappa shape index (κ1) is 42.1. The molecule has 1 amide bonds. The number of nitrogens with zero attached hydrogens (tertiary/aromatic N) is 8. The standard InChI is InChI=1S/C48H50F2N8O4S/c1-7-63(61,51-6)38-11-13-42(39(49)26-38)55-18-19-56(48(55)60)46-44-32(5)54(17-14-40(44)53-58(46)37-22-29(2)45(50)30(3)23-37)47(59)43-25-36-24-35(34-15-20-62-21-16-34)10-12-41(36)57(43)28-33-9-8-31(4)52-27-33/h8-13,18-19,22-27,32,34H,7,14-17,20-21,28H2,1-6H3/t32-,63?/m0/s1. The van der Waals surface area contributed by atoms with Crippen LogP contribution in [0, 0.1) is 32.4 Å². The van der Waals surface area contributed by atoms with Crippen LogP contribution in [0.25, 0.3) is 28.1 Å². The highest BCUT2D eigenvalue weighted by Crippen LogP contribution is 2.38. The fraction of sp³-hybridized carbons (Fsp3) is 0.333. The van der Waals surface area contributed by atoms with E-state index in [0.29, 0.717) is 65.0 Å². The first-order valence-corrected chi connectivity index (χ1v) is 23.0. The van der Waals surface area contributed by atoms with Crippen molar-refractivity contribution in [2.45, 2.75) is 77.3 Å². The molecule has 63 heavy (non-hydrogen) atoms. The molecule has 7 aromatic rings. The van der Waals surface area contributed by atoms with Crippen LogP contribution in [-0.4, -0.2) is 76.0 Å². The second-order valence-corrected chi connectivity index (χ2v) is 19.3. The van der Waals surface area contributed by atoms with Gasteiger partial charge in [-0.1, -0.05) is 19.1 Å². The number of hydrogen-bond acceptors (Lipinski definition) is 7. The molecule has 3 aromatic carbocycles. The van der Waals surface area contributed by atoms with Gasteiger partial charge in [-0.2, -0.15) is 5.10 Å². The lowest BCUT2D eigenvalue weighted by atomic mass is 9.91. The van der Waals surface area contributed by atoms with Crippen LogP contribution in [0.4, 0.5) is 8.78 Å². The minimum atomic E-state index is -2.82.